The van der Waals surface area contributed by atoms with Crippen LogP contribution in [0.2, 0.25) is 0 Å². The number of hydrogen-bond donors (Lipinski definition) is 1. The van der Waals surface area contributed by atoms with Crippen LogP contribution in [0.3, 0.4) is 0 Å². The summed E-state index contributed by atoms with van der Waals surface area (Å²) in [6.45, 7) is 5.95. The number of ketones is 1. The number of carbonyl (C=O) groups excluding carboxylic acids is 1. The van der Waals surface area contributed by atoms with Crippen molar-refractivity contribution in [3.05, 3.63) is 70.3 Å². The van der Waals surface area contributed by atoms with Crippen LogP contribution >= 0.6 is 0 Å². The molecule has 8 heteroatoms. The standard InChI is InChI=1S/C23H23FN4O3/c1-15-13-22(30)31-21-14-18(5-8-20(15)21)25-26-23(16(2)29)28-11-9-27(10-12-28)19-6-3-17(24)4-7-19/h3-8,13-14,25H,9-12H2,1-2H3/b26-23+. The van der Waals surface area contributed by atoms with Crippen LogP contribution in [0.25, 0.3) is 11.0 Å². The minimum Gasteiger partial charge on any atom is -0.423 e. The minimum absolute atomic E-state index is 0.147. The molecule has 2 heterocycles. The van der Waals surface area contributed by atoms with Crippen LogP contribution in [-0.2, 0) is 4.79 Å². The van der Waals surface area contributed by atoms with Gasteiger partial charge in [-0.1, -0.05) is 0 Å². The third-order valence-corrected chi connectivity index (χ3v) is 5.33. The fourth-order valence-electron chi connectivity index (χ4n) is 3.71. The quantitative estimate of drug-likeness (QED) is 0.301. The fraction of sp³-hybridized carbons (Fsp3) is 0.261. The van der Waals surface area contributed by atoms with Crippen molar-refractivity contribution in [2.45, 2.75) is 13.8 Å². The lowest BCUT2D eigenvalue weighted by molar-refractivity contribution is -0.111. The topological polar surface area (TPSA) is 78.1 Å². The molecule has 160 valence electrons. The zero-order chi connectivity index (χ0) is 22.0. The van der Waals surface area contributed by atoms with Crippen molar-refractivity contribution in [1.82, 2.24) is 4.90 Å². The summed E-state index contributed by atoms with van der Waals surface area (Å²) in [6.07, 6.45) is 0. The lowest BCUT2D eigenvalue weighted by atomic mass is 10.1. The van der Waals surface area contributed by atoms with Crippen LogP contribution in [0.5, 0.6) is 0 Å². The first-order chi connectivity index (χ1) is 14.9. The Hall–Kier alpha value is -3.68. The number of nitrogens with zero attached hydrogens (tertiary/aromatic N) is 3. The number of benzene rings is 2. The molecular formula is C23H23FN4O3. The molecule has 0 saturated carbocycles. The zero-order valence-electron chi connectivity index (χ0n) is 17.4. The molecule has 0 aliphatic carbocycles. The van der Waals surface area contributed by atoms with Crippen molar-refractivity contribution in [2.24, 2.45) is 5.10 Å². The van der Waals surface area contributed by atoms with Crippen LogP contribution in [0.4, 0.5) is 15.8 Å². The van der Waals surface area contributed by atoms with Gasteiger partial charge >= 0.3 is 5.63 Å². The number of hydrazone groups is 1. The van der Waals surface area contributed by atoms with E-state index in [-0.39, 0.29) is 11.6 Å². The first-order valence-corrected chi connectivity index (χ1v) is 10.1. The number of Topliss-reactive ketones (excluding diaryl/α,β-unsaturated/α-hetero) is 1. The molecule has 0 atom stereocenters. The summed E-state index contributed by atoms with van der Waals surface area (Å²) < 4.78 is 18.4. The number of rotatable bonds is 4. The van der Waals surface area contributed by atoms with Crippen molar-refractivity contribution in [2.75, 3.05) is 36.5 Å². The maximum atomic E-state index is 13.2. The van der Waals surface area contributed by atoms with E-state index in [1.54, 1.807) is 18.2 Å². The Balaban J connectivity index is 1.48. The summed E-state index contributed by atoms with van der Waals surface area (Å²) in [5.74, 6) is -0.0713. The monoisotopic (exact) mass is 422 g/mol. The summed E-state index contributed by atoms with van der Waals surface area (Å²) in [6, 6.07) is 13.2. The number of aryl methyl sites for hydroxylation is 1. The smallest absolute Gasteiger partial charge is 0.336 e. The van der Waals surface area contributed by atoms with Gasteiger partial charge in [-0.05, 0) is 48.9 Å². The molecule has 0 radical (unpaired) electrons. The number of halogens is 1. The van der Waals surface area contributed by atoms with E-state index in [1.165, 1.54) is 25.1 Å². The molecule has 0 unspecified atom stereocenters. The lowest BCUT2D eigenvalue weighted by Gasteiger charge is -2.37. The fourth-order valence-corrected chi connectivity index (χ4v) is 3.71. The number of fused-ring (bicyclic) bond motifs is 1. The molecule has 1 fully saturated rings. The van der Waals surface area contributed by atoms with Gasteiger partial charge in [-0.25, -0.2) is 9.18 Å². The number of piperazine rings is 1. The van der Waals surface area contributed by atoms with Crippen molar-refractivity contribution >= 4 is 34.0 Å². The molecule has 1 N–H and O–H groups in total. The Morgan fingerprint density at radius 3 is 2.45 bits per heavy atom. The highest BCUT2D eigenvalue weighted by Crippen LogP contribution is 2.21. The van der Waals surface area contributed by atoms with E-state index in [1.807, 2.05) is 24.0 Å². The van der Waals surface area contributed by atoms with Gasteiger partial charge in [0, 0.05) is 56.3 Å². The van der Waals surface area contributed by atoms with Crippen molar-refractivity contribution in [1.29, 1.82) is 0 Å². The summed E-state index contributed by atoms with van der Waals surface area (Å²) in [4.78, 5) is 27.9. The van der Waals surface area contributed by atoms with Gasteiger partial charge < -0.3 is 14.2 Å². The minimum atomic E-state index is -0.408. The van der Waals surface area contributed by atoms with Gasteiger partial charge in [0.05, 0.1) is 5.69 Å². The second-order valence-corrected chi connectivity index (χ2v) is 7.51. The molecule has 1 saturated heterocycles. The first kappa shape index (κ1) is 20.6. The van der Waals surface area contributed by atoms with E-state index < -0.39 is 5.63 Å². The summed E-state index contributed by atoms with van der Waals surface area (Å²) in [7, 11) is 0. The molecule has 7 nitrogen and oxygen atoms in total. The van der Waals surface area contributed by atoms with E-state index in [2.05, 4.69) is 15.4 Å². The van der Waals surface area contributed by atoms with Crippen molar-refractivity contribution in [3.8, 4) is 0 Å². The molecule has 1 aliphatic heterocycles. The molecule has 3 aromatic rings. The molecule has 31 heavy (non-hydrogen) atoms. The van der Waals surface area contributed by atoms with Crippen LogP contribution in [0, 0.1) is 12.7 Å². The van der Waals surface area contributed by atoms with E-state index in [0.717, 1.165) is 16.6 Å². The maximum Gasteiger partial charge on any atom is 0.336 e. The predicted molar refractivity (Wildman–Crippen MR) is 119 cm³/mol. The number of amidine groups is 1. The Morgan fingerprint density at radius 1 is 1.06 bits per heavy atom. The lowest BCUT2D eigenvalue weighted by Crippen LogP contribution is -2.50. The largest absolute Gasteiger partial charge is 0.423 e. The van der Waals surface area contributed by atoms with E-state index >= 15 is 0 Å². The summed E-state index contributed by atoms with van der Waals surface area (Å²) in [5.41, 5.74) is 5.37. The Bertz CT molecular complexity index is 1200. The van der Waals surface area contributed by atoms with Gasteiger partial charge in [0.2, 0.25) is 0 Å². The second kappa shape index (κ2) is 8.59. The van der Waals surface area contributed by atoms with Gasteiger partial charge in [0.15, 0.2) is 11.6 Å². The van der Waals surface area contributed by atoms with Gasteiger partial charge in [-0.15, -0.1) is 0 Å². The molecule has 1 aliphatic rings. The van der Waals surface area contributed by atoms with Gasteiger partial charge in [0.1, 0.15) is 11.4 Å². The normalized spacial score (nSPS) is 14.7. The van der Waals surface area contributed by atoms with Crippen LogP contribution in [0.15, 0.2) is 62.8 Å². The molecule has 0 spiro atoms. The molecule has 0 bridgehead atoms. The average molecular weight is 422 g/mol. The maximum absolute atomic E-state index is 13.2. The van der Waals surface area contributed by atoms with Crippen molar-refractivity contribution in [3.63, 3.8) is 0 Å². The highest BCUT2D eigenvalue weighted by Gasteiger charge is 2.22. The number of anilines is 2. The molecule has 0 amide bonds. The van der Waals surface area contributed by atoms with Gasteiger partial charge in [0.25, 0.3) is 0 Å². The Morgan fingerprint density at radius 2 is 1.77 bits per heavy atom. The Kier molecular flexibility index (Phi) is 5.70. The third-order valence-electron chi connectivity index (χ3n) is 5.33. The highest BCUT2D eigenvalue weighted by molar-refractivity contribution is 6.38. The summed E-state index contributed by atoms with van der Waals surface area (Å²) >= 11 is 0. The van der Waals surface area contributed by atoms with Crippen LogP contribution < -0.4 is 16.0 Å². The van der Waals surface area contributed by atoms with E-state index in [0.29, 0.717) is 43.3 Å². The van der Waals surface area contributed by atoms with Crippen LogP contribution in [-0.4, -0.2) is 42.7 Å². The van der Waals surface area contributed by atoms with E-state index in [4.69, 9.17) is 4.42 Å². The predicted octanol–water partition coefficient (Wildman–Crippen LogP) is 3.38. The molecule has 4 rings (SSSR count). The number of hydrogen-bond acceptors (Lipinski definition) is 6. The second-order valence-electron chi connectivity index (χ2n) is 7.51. The number of nitrogens with one attached hydrogen (secondary N) is 1. The van der Waals surface area contributed by atoms with Gasteiger partial charge in [-0.3, -0.25) is 10.2 Å². The molecular weight excluding hydrogens is 399 g/mol. The highest BCUT2D eigenvalue weighted by atomic mass is 19.1. The van der Waals surface area contributed by atoms with Crippen LogP contribution in [0.1, 0.15) is 12.5 Å². The molecule has 1 aromatic heterocycles. The summed E-state index contributed by atoms with van der Waals surface area (Å²) in [5, 5.41) is 5.18. The Labute approximate surface area is 178 Å². The number of carbonyl (C=O) groups is 1. The SMILES string of the molecule is CC(=O)/C(=N\Nc1ccc2c(C)cc(=O)oc2c1)N1CCN(c2ccc(F)cc2)CC1. The zero-order valence-corrected chi connectivity index (χ0v) is 17.4. The van der Waals surface area contributed by atoms with E-state index in [9.17, 15) is 14.0 Å². The third kappa shape index (κ3) is 4.58. The average Bonchev–Trinajstić information content (AvgIpc) is 2.74. The van der Waals surface area contributed by atoms with Crippen molar-refractivity contribution < 1.29 is 13.6 Å². The van der Waals surface area contributed by atoms with Gasteiger partial charge in [-0.2, -0.15) is 5.10 Å². The molecule has 2 aromatic carbocycles. The first-order valence-electron chi connectivity index (χ1n) is 10.1.